The molecule has 0 aliphatic rings. The molecular weight excluding hydrogens is 432 g/mol. The molecule has 2 heterocycles. The number of nitrogens with zero attached hydrogens (tertiary/aromatic N) is 3. The lowest BCUT2D eigenvalue weighted by molar-refractivity contribution is -0.142. The van der Waals surface area contributed by atoms with E-state index in [0.717, 1.165) is 16.8 Å². The molecule has 1 unspecified atom stereocenters. The van der Waals surface area contributed by atoms with Crippen LogP contribution in [0.15, 0.2) is 29.6 Å². The average Bonchev–Trinajstić information content (AvgIpc) is 3.02. The first-order chi connectivity index (χ1) is 13.9. The van der Waals surface area contributed by atoms with E-state index >= 15 is 0 Å². The van der Waals surface area contributed by atoms with Gasteiger partial charge in [-0.15, -0.1) is 11.3 Å². The number of halogens is 6. The Morgan fingerprint density at radius 3 is 2.37 bits per heavy atom. The summed E-state index contributed by atoms with van der Waals surface area (Å²) in [5, 5.41) is 13.1. The Hall–Kier alpha value is -2.24. The summed E-state index contributed by atoms with van der Waals surface area (Å²) in [6, 6.07) is 3.58. The SMILES string of the molecule is Cc1nc(CN(C)CC(O)c2cc(C(F)(F)F)nc3c(C(F)(F)F)cccc23)cs1. The van der Waals surface area contributed by atoms with Gasteiger partial charge in [0, 0.05) is 23.9 Å². The Morgan fingerprint density at radius 2 is 1.80 bits per heavy atom. The molecule has 4 nitrogen and oxygen atoms in total. The third-order valence-corrected chi connectivity index (χ3v) is 5.23. The number of aliphatic hydroxyl groups is 1. The Labute approximate surface area is 171 Å². The fourth-order valence-electron chi connectivity index (χ4n) is 3.14. The Bertz CT molecular complexity index is 1050. The van der Waals surface area contributed by atoms with Crippen LogP contribution < -0.4 is 0 Å². The lowest BCUT2D eigenvalue weighted by Crippen LogP contribution is -2.25. The van der Waals surface area contributed by atoms with Crippen LogP contribution in [0.2, 0.25) is 0 Å². The quantitative estimate of drug-likeness (QED) is 0.544. The Kier molecular flexibility index (Phi) is 6.08. The number of alkyl halides is 6. The Balaban J connectivity index is 2.02. The van der Waals surface area contributed by atoms with Crippen molar-refractivity contribution < 1.29 is 31.4 Å². The maximum Gasteiger partial charge on any atom is 0.433 e. The molecule has 2 aromatic heterocycles. The highest BCUT2D eigenvalue weighted by Gasteiger charge is 2.38. The fourth-order valence-corrected chi connectivity index (χ4v) is 3.74. The number of aromatic nitrogens is 2. The zero-order chi connectivity index (χ0) is 22.3. The van der Waals surface area contributed by atoms with Crippen LogP contribution in [-0.4, -0.2) is 33.6 Å². The summed E-state index contributed by atoms with van der Waals surface area (Å²) in [6.07, 6.45) is -11.3. The summed E-state index contributed by atoms with van der Waals surface area (Å²) in [7, 11) is 1.63. The van der Waals surface area contributed by atoms with Gasteiger partial charge in [0.15, 0.2) is 0 Å². The third-order valence-electron chi connectivity index (χ3n) is 4.41. The minimum absolute atomic E-state index is 0.108. The van der Waals surface area contributed by atoms with Gasteiger partial charge < -0.3 is 5.11 Å². The van der Waals surface area contributed by atoms with Gasteiger partial charge in [-0.2, -0.15) is 26.3 Å². The molecule has 1 atom stereocenters. The fraction of sp³-hybridized carbons (Fsp3) is 0.368. The van der Waals surface area contributed by atoms with Crippen molar-refractivity contribution in [2.75, 3.05) is 13.6 Å². The normalized spacial score (nSPS) is 13.9. The number of pyridine rings is 1. The minimum Gasteiger partial charge on any atom is -0.387 e. The van der Waals surface area contributed by atoms with Crippen molar-refractivity contribution in [2.24, 2.45) is 0 Å². The highest BCUT2D eigenvalue weighted by molar-refractivity contribution is 7.09. The average molecular weight is 449 g/mol. The van der Waals surface area contributed by atoms with Crippen molar-refractivity contribution in [3.8, 4) is 0 Å². The first kappa shape index (κ1) is 22.4. The highest BCUT2D eigenvalue weighted by atomic mass is 32.1. The summed E-state index contributed by atoms with van der Waals surface area (Å²) in [5.41, 5.74) is -3.15. The number of fused-ring (bicyclic) bond motifs is 1. The molecule has 0 amide bonds. The van der Waals surface area contributed by atoms with E-state index in [0.29, 0.717) is 18.7 Å². The predicted molar refractivity (Wildman–Crippen MR) is 99.9 cm³/mol. The lowest BCUT2D eigenvalue weighted by Gasteiger charge is -2.22. The van der Waals surface area contributed by atoms with Gasteiger partial charge in [0.2, 0.25) is 0 Å². The van der Waals surface area contributed by atoms with Gasteiger partial charge in [-0.1, -0.05) is 12.1 Å². The number of benzene rings is 1. The predicted octanol–water partition coefficient (Wildman–Crippen LogP) is 5.20. The highest BCUT2D eigenvalue weighted by Crippen LogP contribution is 2.39. The van der Waals surface area contributed by atoms with Gasteiger partial charge >= 0.3 is 12.4 Å². The zero-order valence-corrected chi connectivity index (χ0v) is 16.7. The number of thiazole rings is 1. The van der Waals surface area contributed by atoms with Crippen LogP contribution in [0.25, 0.3) is 10.9 Å². The molecule has 0 spiro atoms. The van der Waals surface area contributed by atoms with Gasteiger partial charge in [-0.05, 0) is 31.7 Å². The molecule has 0 bridgehead atoms. The molecular formula is C19H17F6N3OS. The molecule has 0 fully saturated rings. The van der Waals surface area contributed by atoms with Crippen LogP contribution in [-0.2, 0) is 18.9 Å². The second kappa shape index (κ2) is 8.12. The van der Waals surface area contributed by atoms with E-state index in [9.17, 15) is 31.4 Å². The number of aryl methyl sites for hydroxylation is 1. The second-order valence-electron chi connectivity index (χ2n) is 6.86. The second-order valence-corrected chi connectivity index (χ2v) is 7.93. The van der Waals surface area contributed by atoms with Crippen LogP contribution in [0.4, 0.5) is 26.3 Å². The molecule has 1 N–H and O–H groups in total. The summed E-state index contributed by atoms with van der Waals surface area (Å²) in [6.45, 7) is 2.04. The number of para-hydroxylation sites is 1. The number of likely N-dealkylation sites (N-methyl/N-ethyl adjacent to an activating group) is 1. The summed E-state index contributed by atoms with van der Waals surface area (Å²) in [4.78, 5) is 9.14. The van der Waals surface area contributed by atoms with Gasteiger partial charge in [0.05, 0.1) is 27.9 Å². The number of hydrogen-bond donors (Lipinski definition) is 1. The zero-order valence-electron chi connectivity index (χ0n) is 15.8. The molecule has 30 heavy (non-hydrogen) atoms. The van der Waals surface area contributed by atoms with Crippen molar-refractivity contribution in [1.29, 1.82) is 0 Å². The van der Waals surface area contributed by atoms with E-state index in [-0.39, 0.29) is 17.5 Å². The van der Waals surface area contributed by atoms with Crippen molar-refractivity contribution >= 4 is 22.2 Å². The molecule has 0 aliphatic carbocycles. The standard InChI is InChI=1S/C19H17F6N3OS/c1-10-26-11(9-30-10)7-28(2)8-15(29)13-6-16(19(23,24)25)27-17-12(13)4-3-5-14(17)18(20,21)22/h3-6,9,15,29H,7-8H2,1-2H3. The van der Waals surface area contributed by atoms with E-state index < -0.39 is 35.2 Å². The van der Waals surface area contributed by atoms with Crippen molar-refractivity contribution in [3.63, 3.8) is 0 Å². The summed E-state index contributed by atoms with van der Waals surface area (Å²) in [5.74, 6) is 0. The smallest absolute Gasteiger partial charge is 0.387 e. The van der Waals surface area contributed by atoms with E-state index in [2.05, 4.69) is 9.97 Å². The molecule has 3 rings (SSSR count). The molecule has 162 valence electrons. The van der Waals surface area contributed by atoms with Crippen LogP contribution in [0.3, 0.4) is 0 Å². The van der Waals surface area contributed by atoms with Crippen LogP contribution in [0.1, 0.15) is 33.6 Å². The Morgan fingerprint density at radius 1 is 1.10 bits per heavy atom. The molecule has 0 aliphatic heterocycles. The summed E-state index contributed by atoms with van der Waals surface area (Å²) < 4.78 is 79.9. The maximum atomic E-state index is 13.3. The molecule has 1 aromatic carbocycles. The monoisotopic (exact) mass is 449 g/mol. The van der Waals surface area contributed by atoms with E-state index in [4.69, 9.17) is 0 Å². The maximum absolute atomic E-state index is 13.3. The molecule has 3 aromatic rings. The van der Waals surface area contributed by atoms with E-state index in [1.807, 2.05) is 12.3 Å². The molecule has 0 saturated heterocycles. The number of hydrogen-bond acceptors (Lipinski definition) is 5. The topological polar surface area (TPSA) is 49.2 Å². The number of aliphatic hydroxyl groups excluding tert-OH is 1. The number of rotatable bonds is 5. The first-order valence-corrected chi connectivity index (χ1v) is 9.60. The summed E-state index contributed by atoms with van der Waals surface area (Å²) >= 11 is 1.43. The van der Waals surface area contributed by atoms with Crippen LogP contribution >= 0.6 is 11.3 Å². The van der Waals surface area contributed by atoms with Crippen molar-refractivity contribution in [2.45, 2.75) is 31.9 Å². The molecule has 11 heteroatoms. The van der Waals surface area contributed by atoms with E-state index in [1.54, 1.807) is 11.9 Å². The third kappa shape index (κ3) is 4.90. The minimum atomic E-state index is -4.97. The van der Waals surface area contributed by atoms with Crippen molar-refractivity contribution in [3.05, 3.63) is 57.2 Å². The van der Waals surface area contributed by atoms with Crippen LogP contribution in [0.5, 0.6) is 0 Å². The molecule has 0 radical (unpaired) electrons. The van der Waals surface area contributed by atoms with Gasteiger partial charge in [0.1, 0.15) is 5.69 Å². The van der Waals surface area contributed by atoms with Gasteiger partial charge in [-0.25, -0.2) is 9.97 Å². The van der Waals surface area contributed by atoms with E-state index in [1.165, 1.54) is 17.4 Å². The van der Waals surface area contributed by atoms with Gasteiger partial charge in [0.25, 0.3) is 0 Å². The largest absolute Gasteiger partial charge is 0.433 e. The lowest BCUT2D eigenvalue weighted by atomic mass is 9.99. The van der Waals surface area contributed by atoms with Crippen LogP contribution in [0, 0.1) is 6.92 Å². The van der Waals surface area contributed by atoms with Gasteiger partial charge in [-0.3, -0.25) is 4.90 Å². The first-order valence-electron chi connectivity index (χ1n) is 8.72. The molecule has 0 saturated carbocycles. The van der Waals surface area contributed by atoms with Crippen molar-refractivity contribution in [1.82, 2.24) is 14.9 Å².